The van der Waals surface area contributed by atoms with Gasteiger partial charge in [0, 0.05) is 18.3 Å². The van der Waals surface area contributed by atoms with Gasteiger partial charge in [-0.1, -0.05) is 12.1 Å². The van der Waals surface area contributed by atoms with Crippen LogP contribution < -0.4 is 4.74 Å². The molecule has 0 saturated heterocycles. The van der Waals surface area contributed by atoms with Gasteiger partial charge in [0.1, 0.15) is 5.75 Å². The Morgan fingerprint density at radius 3 is 2.62 bits per heavy atom. The summed E-state index contributed by atoms with van der Waals surface area (Å²) < 4.78 is 5.86. The fourth-order valence-corrected chi connectivity index (χ4v) is 3.95. The van der Waals surface area contributed by atoms with E-state index in [1.165, 1.54) is 10.4 Å². The maximum Gasteiger partial charge on any atom is 0.222 e. The molecule has 142 valence electrons. The fourth-order valence-electron chi connectivity index (χ4n) is 2.93. The molecule has 1 amide bonds. The molecule has 1 aromatic carbocycles. The van der Waals surface area contributed by atoms with E-state index in [2.05, 4.69) is 44.0 Å². The van der Waals surface area contributed by atoms with Gasteiger partial charge in [-0.2, -0.15) is 0 Å². The third kappa shape index (κ3) is 5.31. The van der Waals surface area contributed by atoms with Crippen molar-refractivity contribution >= 4 is 17.2 Å². The van der Waals surface area contributed by atoms with E-state index in [1.807, 2.05) is 25.8 Å². The molecule has 0 bridgehead atoms. The standard InChI is InChI=1S/C21H30N2O2S/c1-14-10-11-15(2)19(13-14)25-12-8-7-9-20(24)23(6)17(4)21-16(3)22-18(5)26-21/h10-11,13,17H,7-9,12H2,1-6H3. The number of unbranched alkanes of at least 4 members (excludes halogenated alkanes) is 1. The molecule has 0 spiro atoms. The van der Waals surface area contributed by atoms with E-state index in [0.717, 1.165) is 34.9 Å². The second-order valence-corrected chi connectivity index (χ2v) is 8.17. The van der Waals surface area contributed by atoms with Crippen LogP contribution in [0.3, 0.4) is 0 Å². The minimum absolute atomic E-state index is 0.0693. The summed E-state index contributed by atoms with van der Waals surface area (Å²) in [6, 6.07) is 6.30. The van der Waals surface area contributed by atoms with E-state index < -0.39 is 0 Å². The summed E-state index contributed by atoms with van der Waals surface area (Å²) in [4.78, 5) is 20.0. The first-order valence-electron chi connectivity index (χ1n) is 9.19. The van der Waals surface area contributed by atoms with Gasteiger partial charge in [-0.3, -0.25) is 4.79 Å². The smallest absolute Gasteiger partial charge is 0.222 e. The number of aromatic nitrogens is 1. The van der Waals surface area contributed by atoms with E-state index in [1.54, 1.807) is 11.3 Å². The monoisotopic (exact) mass is 374 g/mol. The number of nitrogens with zero attached hydrogens (tertiary/aromatic N) is 2. The SMILES string of the molecule is Cc1ccc(C)c(OCCCCC(=O)N(C)C(C)c2sc(C)nc2C)c1. The lowest BCUT2D eigenvalue weighted by atomic mass is 10.1. The summed E-state index contributed by atoms with van der Waals surface area (Å²) in [5, 5.41) is 1.05. The molecule has 2 rings (SSSR count). The Morgan fingerprint density at radius 1 is 1.23 bits per heavy atom. The second-order valence-electron chi connectivity index (χ2n) is 6.94. The number of thiazole rings is 1. The Kier molecular flexibility index (Phi) is 7.21. The summed E-state index contributed by atoms with van der Waals surface area (Å²) in [5.74, 6) is 1.12. The Morgan fingerprint density at radius 2 is 1.96 bits per heavy atom. The van der Waals surface area contributed by atoms with E-state index >= 15 is 0 Å². The van der Waals surface area contributed by atoms with Crippen LogP contribution in [0.2, 0.25) is 0 Å². The number of benzene rings is 1. The van der Waals surface area contributed by atoms with Crippen molar-refractivity contribution in [2.75, 3.05) is 13.7 Å². The maximum absolute atomic E-state index is 12.5. The molecule has 2 aromatic rings. The normalized spacial score (nSPS) is 12.1. The number of carbonyl (C=O) groups is 1. The van der Waals surface area contributed by atoms with E-state index in [0.29, 0.717) is 13.0 Å². The first-order chi connectivity index (χ1) is 12.3. The average Bonchev–Trinajstić information content (AvgIpc) is 2.94. The van der Waals surface area contributed by atoms with Crippen LogP contribution >= 0.6 is 11.3 Å². The van der Waals surface area contributed by atoms with Crippen LogP contribution in [0.5, 0.6) is 5.75 Å². The van der Waals surface area contributed by atoms with Gasteiger partial charge in [0.25, 0.3) is 0 Å². The van der Waals surface area contributed by atoms with Crippen LogP contribution in [0.1, 0.15) is 58.9 Å². The predicted molar refractivity (Wildman–Crippen MR) is 108 cm³/mol. The zero-order valence-electron chi connectivity index (χ0n) is 16.8. The van der Waals surface area contributed by atoms with Crippen molar-refractivity contribution in [3.05, 3.63) is 44.9 Å². The van der Waals surface area contributed by atoms with Crippen molar-refractivity contribution in [1.29, 1.82) is 0 Å². The number of rotatable bonds is 8. The van der Waals surface area contributed by atoms with Gasteiger partial charge in [0.15, 0.2) is 0 Å². The lowest BCUT2D eigenvalue weighted by Gasteiger charge is -2.24. The van der Waals surface area contributed by atoms with Gasteiger partial charge in [-0.25, -0.2) is 4.98 Å². The number of aryl methyl sites for hydroxylation is 4. The van der Waals surface area contributed by atoms with E-state index in [-0.39, 0.29) is 11.9 Å². The van der Waals surface area contributed by atoms with Crippen LogP contribution in [0.15, 0.2) is 18.2 Å². The summed E-state index contributed by atoms with van der Waals surface area (Å²) in [6.07, 6.45) is 2.26. The fraction of sp³-hybridized carbons (Fsp3) is 0.524. The highest BCUT2D eigenvalue weighted by Gasteiger charge is 2.21. The minimum atomic E-state index is 0.0693. The van der Waals surface area contributed by atoms with Crippen molar-refractivity contribution in [3.63, 3.8) is 0 Å². The van der Waals surface area contributed by atoms with Gasteiger partial charge >= 0.3 is 0 Å². The van der Waals surface area contributed by atoms with Crippen molar-refractivity contribution in [2.24, 2.45) is 0 Å². The topological polar surface area (TPSA) is 42.4 Å². The predicted octanol–water partition coefficient (Wildman–Crippen LogP) is 5.15. The number of hydrogen-bond donors (Lipinski definition) is 0. The van der Waals surface area contributed by atoms with Crippen molar-refractivity contribution in [2.45, 2.75) is 59.9 Å². The minimum Gasteiger partial charge on any atom is -0.493 e. The molecule has 0 saturated carbocycles. The third-order valence-electron chi connectivity index (χ3n) is 4.68. The highest BCUT2D eigenvalue weighted by atomic mass is 32.1. The third-order valence-corrected chi connectivity index (χ3v) is 5.92. The van der Waals surface area contributed by atoms with E-state index in [4.69, 9.17) is 4.74 Å². The van der Waals surface area contributed by atoms with Crippen molar-refractivity contribution in [3.8, 4) is 5.75 Å². The molecule has 4 nitrogen and oxygen atoms in total. The summed E-state index contributed by atoms with van der Waals surface area (Å²) in [6.45, 7) is 10.8. The lowest BCUT2D eigenvalue weighted by molar-refractivity contribution is -0.131. The Bertz CT molecular complexity index is 754. The van der Waals surface area contributed by atoms with Crippen LogP contribution in [-0.4, -0.2) is 29.4 Å². The Hall–Kier alpha value is -1.88. The van der Waals surface area contributed by atoms with Crippen LogP contribution in [0, 0.1) is 27.7 Å². The molecule has 1 aromatic heterocycles. The number of hydrogen-bond acceptors (Lipinski definition) is 4. The van der Waals surface area contributed by atoms with Gasteiger partial charge in [-0.15, -0.1) is 11.3 Å². The van der Waals surface area contributed by atoms with Crippen molar-refractivity contribution < 1.29 is 9.53 Å². The quantitative estimate of drug-likeness (QED) is 0.600. The molecule has 0 aliphatic carbocycles. The zero-order valence-corrected chi connectivity index (χ0v) is 17.6. The largest absolute Gasteiger partial charge is 0.493 e. The van der Waals surface area contributed by atoms with Gasteiger partial charge in [0.05, 0.1) is 23.4 Å². The highest BCUT2D eigenvalue weighted by molar-refractivity contribution is 7.11. The lowest BCUT2D eigenvalue weighted by Crippen LogP contribution is -2.29. The van der Waals surface area contributed by atoms with Crippen LogP contribution in [0.25, 0.3) is 0 Å². The summed E-state index contributed by atoms with van der Waals surface area (Å²) >= 11 is 1.68. The molecule has 0 radical (unpaired) electrons. The molecule has 0 aliphatic rings. The molecule has 0 aliphatic heterocycles. The Labute approximate surface area is 161 Å². The summed E-state index contributed by atoms with van der Waals surface area (Å²) in [7, 11) is 1.88. The molecule has 0 fully saturated rings. The molecular formula is C21H30N2O2S. The molecule has 1 atom stereocenters. The number of amides is 1. The second kappa shape index (κ2) is 9.17. The maximum atomic E-state index is 12.5. The van der Waals surface area contributed by atoms with Crippen molar-refractivity contribution in [1.82, 2.24) is 9.88 Å². The zero-order chi connectivity index (χ0) is 19.3. The van der Waals surface area contributed by atoms with Crippen LogP contribution in [-0.2, 0) is 4.79 Å². The molecule has 26 heavy (non-hydrogen) atoms. The van der Waals surface area contributed by atoms with Gasteiger partial charge in [-0.05, 0) is 64.7 Å². The molecular weight excluding hydrogens is 344 g/mol. The van der Waals surface area contributed by atoms with Gasteiger partial charge < -0.3 is 9.64 Å². The molecule has 1 unspecified atom stereocenters. The molecule has 5 heteroatoms. The highest BCUT2D eigenvalue weighted by Crippen LogP contribution is 2.28. The Balaban J connectivity index is 1.76. The van der Waals surface area contributed by atoms with E-state index in [9.17, 15) is 4.79 Å². The van der Waals surface area contributed by atoms with Crippen LogP contribution in [0.4, 0.5) is 0 Å². The average molecular weight is 375 g/mol. The first-order valence-corrected chi connectivity index (χ1v) is 10.0. The summed E-state index contributed by atoms with van der Waals surface area (Å²) in [5.41, 5.74) is 3.38. The number of ether oxygens (including phenoxy) is 1. The molecule has 1 heterocycles. The van der Waals surface area contributed by atoms with Gasteiger partial charge in [0.2, 0.25) is 5.91 Å². The molecule has 0 N–H and O–H groups in total. The first kappa shape index (κ1) is 20.4. The number of carbonyl (C=O) groups excluding carboxylic acids is 1.